The van der Waals surface area contributed by atoms with E-state index in [1.165, 1.54) is 13.5 Å². The Morgan fingerprint density at radius 1 is 1.03 bits per heavy atom. The fourth-order valence-corrected chi connectivity index (χ4v) is 4.22. The first-order valence-electron chi connectivity index (χ1n) is 11.2. The van der Waals surface area contributed by atoms with Crippen LogP contribution < -0.4 is 16.0 Å². The summed E-state index contributed by atoms with van der Waals surface area (Å²) in [6.45, 7) is 5.81. The van der Waals surface area contributed by atoms with Crippen molar-refractivity contribution in [3.63, 3.8) is 0 Å². The highest BCUT2D eigenvalue weighted by Crippen LogP contribution is 2.27. The van der Waals surface area contributed by atoms with E-state index >= 15 is 0 Å². The van der Waals surface area contributed by atoms with Gasteiger partial charge in [-0.3, -0.25) is 9.59 Å². The van der Waals surface area contributed by atoms with Gasteiger partial charge in [0, 0.05) is 12.5 Å². The number of rotatable bonds is 8. The molecular weight excluding hydrogens is 402 g/mol. The molecule has 1 heterocycles. The minimum absolute atomic E-state index is 0.131. The number of esters is 1. The average Bonchev–Trinajstić information content (AvgIpc) is 3.10. The predicted octanol–water partition coefficient (Wildman–Crippen LogP) is 2.03. The summed E-state index contributed by atoms with van der Waals surface area (Å²) in [6.07, 6.45) is 5.96. The van der Waals surface area contributed by atoms with Crippen molar-refractivity contribution in [2.24, 2.45) is 11.8 Å². The van der Waals surface area contributed by atoms with Crippen molar-refractivity contribution in [2.45, 2.75) is 89.8 Å². The van der Waals surface area contributed by atoms with Gasteiger partial charge in [-0.05, 0) is 46.0 Å². The highest BCUT2D eigenvalue weighted by molar-refractivity contribution is 5.90. The normalized spacial score (nSPS) is 21.5. The van der Waals surface area contributed by atoms with Crippen molar-refractivity contribution < 1.29 is 28.7 Å². The van der Waals surface area contributed by atoms with Crippen LogP contribution >= 0.6 is 0 Å². The lowest BCUT2D eigenvalue weighted by molar-refractivity contribution is -0.146. The van der Waals surface area contributed by atoms with Gasteiger partial charge in [0.1, 0.15) is 17.7 Å². The molecule has 3 atom stereocenters. The van der Waals surface area contributed by atoms with Crippen molar-refractivity contribution >= 4 is 23.9 Å². The first-order chi connectivity index (χ1) is 14.6. The number of methoxy groups -OCH3 is 1. The molecular formula is C22H37N3O6. The van der Waals surface area contributed by atoms with Crippen molar-refractivity contribution in [3.05, 3.63) is 0 Å². The minimum Gasteiger partial charge on any atom is -0.467 e. The second kappa shape index (κ2) is 11.3. The van der Waals surface area contributed by atoms with Crippen LogP contribution in [-0.4, -0.2) is 55.2 Å². The van der Waals surface area contributed by atoms with Crippen LogP contribution in [0.15, 0.2) is 0 Å². The van der Waals surface area contributed by atoms with Crippen molar-refractivity contribution in [2.75, 3.05) is 13.7 Å². The quantitative estimate of drug-likeness (QED) is 0.498. The largest absolute Gasteiger partial charge is 0.467 e. The Morgan fingerprint density at radius 2 is 1.71 bits per heavy atom. The summed E-state index contributed by atoms with van der Waals surface area (Å²) in [4.78, 5) is 49.7. The smallest absolute Gasteiger partial charge is 0.408 e. The van der Waals surface area contributed by atoms with E-state index in [1.807, 2.05) is 0 Å². The summed E-state index contributed by atoms with van der Waals surface area (Å²) in [7, 11) is 1.24. The van der Waals surface area contributed by atoms with Gasteiger partial charge in [0.05, 0.1) is 7.11 Å². The maximum Gasteiger partial charge on any atom is 0.408 e. The molecule has 0 aromatic heterocycles. The van der Waals surface area contributed by atoms with E-state index in [0.29, 0.717) is 25.3 Å². The van der Waals surface area contributed by atoms with Crippen LogP contribution in [0.25, 0.3) is 0 Å². The molecule has 0 aromatic rings. The predicted molar refractivity (Wildman–Crippen MR) is 114 cm³/mol. The fraction of sp³-hybridized carbons (Fsp3) is 0.818. The first kappa shape index (κ1) is 24.9. The van der Waals surface area contributed by atoms with Gasteiger partial charge in [-0.25, -0.2) is 9.59 Å². The van der Waals surface area contributed by atoms with Crippen molar-refractivity contribution in [1.29, 1.82) is 0 Å². The van der Waals surface area contributed by atoms with E-state index < -0.39 is 35.7 Å². The lowest BCUT2D eigenvalue weighted by atomic mass is 9.84. The Balaban J connectivity index is 2.08. The summed E-state index contributed by atoms with van der Waals surface area (Å²) in [5.74, 6) is -1.25. The van der Waals surface area contributed by atoms with E-state index in [4.69, 9.17) is 9.47 Å². The van der Waals surface area contributed by atoms with Crippen LogP contribution in [0.5, 0.6) is 0 Å². The molecule has 3 unspecified atom stereocenters. The number of amides is 3. The molecule has 3 amide bonds. The van der Waals surface area contributed by atoms with Crippen LogP contribution in [-0.2, 0) is 23.9 Å². The Hall–Kier alpha value is -2.32. The third-order valence-electron chi connectivity index (χ3n) is 5.79. The van der Waals surface area contributed by atoms with Crippen LogP contribution in [0, 0.1) is 11.8 Å². The SMILES string of the molecule is COC(=O)C(CC1CCNC1=O)NC(=O)C(CC1CCCCC1)NC(=O)OC(C)(C)C. The number of carbonyl (C=O) groups excluding carboxylic acids is 4. The van der Waals surface area contributed by atoms with Gasteiger partial charge in [-0.1, -0.05) is 32.1 Å². The molecule has 1 saturated carbocycles. The molecule has 0 spiro atoms. The molecule has 31 heavy (non-hydrogen) atoms. The fourth-order valence-electron chi connectivity index (χ4n) is 4.22. The lowest BCUT2D eigenvalue weighted by Gasteiger charge is -2.29. The standard InChI is InChI=1S/C22H37N3O6/c1-22(2,3)31-21(29)25-16(12-14-8-6-5-7-9-14)19(27)24-17(20(28)30-4)13-15-10-11-23-18(15)26/h14-17H,5-13H2,1-4H3,(H,23,26)(H,24,27)(H,25,29). The van der Waals surface area contributed by atoms with E-state index in [1.54, 1.807) is 20.8 Å². The molecule has 2 rings (SSSR count). The maximum absolute atomic E-state index is 13.1. The Bertz CT molecular complexity index is 654. The Kier molecular flexibility index (Phi) is 9.13. The van der Waals surface area contributed by atoms with Crippen LogP contribution in [0.1, 0.15) is 72.1 Å². The zero-order valence-electron chi connectivity index (χ0n) is 19.1. The van der Waals surface area contributed by atoms with E-state index in [-0.39, 0.29) is 18.2 Å². The molecule has 1 aliphatic heterocycles. The van der Waals surface area contributed by atoms with E-state index in [2.05, 4.69) is 16.0 Å². The average molecular weight is 440 g/mol. The number of alkyl carbamates (subject to hydrolysis) is 1. The minimum atomic E-state index is -0.958. The summed E-state index contributed by atoms with van der Waals surface area (Å²) in [5, 5.41) is 8.12. The van der Waals surface area contributed by atoms with E-state index in [0.717, 1.165) is 25.7 Å². The van der Waals surface area contributed by atoms with Crippen LogP contribution in [0.4, 0.5) is 4.79 Å². The molecule has 0 radical (unpaired) electrons. The van der Waals surface area contributed by atoms with Gasteiger partial charge in [0.2, 0.25) is 11.8 Å². The van der Waals surface area contributed by atoms with Gasteiger partial charge in [0.25, 0.3) is 0 Å². The van der Waals surface area contributed by atoms with Crippen molar-refractivity contribution in [1.82, 2.24) is 16.0 Å². The number of carbonyl (C=O) groups is 4. The molecule has 2 fully saturated rings. The molecule has 176 valence electrons. The molecule has 9 heteroatoms. The van der Waals surface area contributed by atoms with Gasteiger partial charge in [0.15, 0.2) is 0 Å². The molecule has 1 aliphatic carbocycles. The molecule has 9 nitrogen and oxygen atoms in total. The Labute approximate surface area is 184 Å². The third-order valence-corrected chi connectivity index (χ3v) is 5.79. The Morgan fingerprint density at radius 3 is 2.26 bits per heavy atom. The number of hydrogen-bond donors (Lipinski definition) is 3. The molecule has 0 bridgehead atoms. The molecule has 0 aromatic carbocycles. The molecule has 3 N–H and O–H groups in total. The number of nitrogens with one attached hydrogen (secondary N) is 3. The summed E-state index contributed by atoms with van der Waals surface area (Å²) >= 11 is 0. The van der Waals surface area contributed by atoms with Gasteiger partial charge >= 0.3 is 12.1 Å². The highest BCUT2D eigenvalue weighted by Gasteiger charge is 2.35. The second-order valence-electron chi connectivity index (χ2n) is 9.54. The van der Waals surface area contributed by atoms with Crippen LogP contribution in [0.3, 0.4) is 0 Å². The monoisotopic (exact) mass is 439 g/mol. The second-order valence-corrected chi connectivity index (χ2v) is 9.54. The summed E-state index contributed by atoms with van der Waals surface area (Å²) in [5.41, 5.74) is -0.694. The number of ether oxygens (including phenoxy) is 2. The summed E-state index contributed by atoms with van der Waals surface area (Å²) in [6, 6.07) is -1.79. The molecule has 2 aliphatic rings. The highest BCUT2D eigenvalue weighted by atomic mass is 16.6. The zero-order valence-corrected chi connectivity index (χ0v) is 19.1. The number of hydrogen-bond acceptors (Lipinski definition) is 6. The summed E-state index contributed by atoms with van der Waals surface area (Å²) < 4.78 is 10.2. The first-order valence-corrected chi connectivity index (χ1v) is 11.2. The topological polar surface area (TPSA) is 123 Å². The van der Waals surface area contributed by atoms with Crippen molar-refractivity contribution in [3.8, 4) is 0 Å². The van der Waals surface area contributed by atoms with Gasteiger partial charge < -0.3 is 25.4 Å². The molecule has 1 saturated heterocycles. The van der Waals surface area contributed by atoms with Gasteiger partial charge in [-0.15, -0.1) is 0 Å². The third kappa shape index (κ3) is 8.38. The zero-order chi connectivity index (χ0) is 23.0. The van der Waals surface area contributed by atoms with E-state index in [9.17, 15) is 19.2 Å². The lowest BCUT2D eigenvalue weighted by Crippen LogP contribution is -2.53. The maximum atomic E-state index is 13.1. The van der Waals surface area contributed by atoms with Gasteiger partial charge in [-0.2, -0.15) is 0 Å². The van der Waals surface area contributed by atoms with Crippen LogP contribution in [0.2, 0.25) is 0 Å².